The summed E-state index contributed by atoms with van der Waals surface area (Å²) in [7, 11) is 0. The molecule has 3 N–H and O–H groups in total. The van der Waals surface area contributed by atoms with E-state index < -0.39 is 0 Å². The summed E-state index contributed by atoms with van der Waals surface area (Å²) in [6, 6.07) is 0.470. The quantitative estimate of drug-likeness (QED) is 0.738. The van der Waals surface area contributed by atoms with Gasteiger partial charge in [0.05, 0.1) is 0 Å². The minimum Gasteiger partial charge on any atom is -0.396 e. The van der Waals surface area contributed by atoms with Crippen LogP contribution in [0.3, 0.4) is 0 Å². The van der Waals surface area contributed by atoms with Gasteiger partial charge >= 0.3 is 0 Å². The summed E-state index contributed by atoms with van der Waals surface area (Å²) in [6.45, 7) is 10.0. The third-order valence-electron chi connectivity index (χ3n) is 3.57. The van der Waals surface area contributed by atoms with Gasteiger partial charge in [-0.25, -0.2) is 0 Å². The maximum atomic E-state index is 9.09. The number of piperidine rings is 1. The number of aliphatic hydroxyl groups excluding tert-OH is 1. The van der Waals surface area contributed by atoms with Gasteiger partial charge in [0.1, 0.15) is 0 Å². The van der Waals surface area contributed by atoms with Crippen molar-refractivity contribution in [2.75, 3.05) is 26.2 Å². The Morgan fingerprint density at radius 2 is 1.87 bits per heavy atom. The molecule has 0 radical (unpaired) electrons. The zero-order valence-electron chi connectivity index (χ0n) is 10.4. The first-order valence-electron chi connectivity index (χ1n) is 6.04. The smallest absolute Gasteiger partial charge is 0.0460 e. The summed E-state index contributed by atoms with van der Waals surface area (Å²) in [5.74, 6) is 0.514. The van der Waals surface area contributed by atoms with Crippen LogP contribution < -0.4 is 5.73 Å². The molecule has 0 saturated carbocycles. The Morgan fingerprint density at radius 3 is 2.20 bits per heavy atom. The van der Waals surface area contributed by atoms with Crippen LogP contribution >= 0.6 is 0 Å². The van der Waals surface area contributed by atoms with E-state index in [0.717, 1.165) is 32.5 Å². The predicted octanol–water partition coefficient (Wildman–Crippen LogP) is 1.06. The maximum Gasteiger partial charge on any atom is 0.0460 e. The van der Waals surface area contributed by atoms with E-state index in [2.05, 4.69) is 25.7 Å². The van der Waals surface area contributed by atoms with Gasteiger partial charge in [-0.05, 0) is 37.3 Å². The average Bonchev–Trinajstić information content (AvgIpc) is 2.18. The number of nitrogens with two attached hydrogens (primary N) is 1. The van der Waals surface area contributed by atoms with Crippen molar-refractivity contribution >= 4 is 0 Å². The fourth-order valence-electron chi connectivity index (χ4n) is 2.50. The highest BCUT2D eigenvalue weighted by atomic mass is 16.3. The number of hydrogen-bond acceptors (Lipinski definition) is 3. The van der Waals surface area contributed by atoms with Crippen LogP contribution in [-0.4, -0.2) is 42.3 Å². The second-order valence-corrected chi connectivity index (χ2v) is 5.78. The molecule has 15 heavy (non-hydrogen) atoms. The zero-order valence-corrected chi connectivity index (χ0v) is 10.4. The number of aliphatic hydroxyl groups is 1. The third kappa shape index (κ3) is 3.44. The lowest BCUT2D eigenvalue weighted by molar-refractivity contribution is 0.0549. The van der Waals surface area contributed by atoms with Gasteiger partial charge in [-0.1, -0.05) is 20.8 Å². The number of rotatable bonds is 3. The maximum absolute atomic E-state index is 9.09. The van der Waals surface area contributed by atoms with Crippen LogP contribution in [0.5, 0.6) is 0 Å². The van der Waals surface area contributed by atoms with Gasteiger partial charge in [-0.15, -0.1) is 0 Å². The van der Waals surface area contributed by atoms with Crippen LogP contribution in [0.1, 0.15) is 33.6 Å². The van der Waals surface area contributed by atoms with E-state index in [4.69, 9.17) is 10.8 Å². The molecule has 0 spiro atoms. The fraction of sp³-hybridized carbons (Fsp3) is 1.00. The first-order chi connectivity index (χ1) is 6.99. The van der Waals surface area contributed by atoms with Gasteiger partial charge in [-0.3, -0.25) is 4.90 Å². The lowest BCUT2D eigenvalue weighted by atomic mass is 9.84. The Kier molecular flexibility index (Phi) is 4.56. The van der Waals surface area contributed by atoms with E-state index in [-0.39, 0.29) is 5.41 Å². The van der Waals surface area contributed by atoms with Crippen molar-refractivity contribution in [3.8, 4) is 0 Å². The number of likely N-dealkylation sites (tertiary alicyclic amines) is 1. The highest BCUT2D eigenvalue weighted by Crippen LogP contribution is 2.27. The Balaban J connectivity index is 2.50. The Hall–Kier alpha value is -0.120. The minimum atomic E-state index is 0.251. The number of nitrogens with zero attached hydrogens (tertiary/aromatic N) is 1. The van der Waals surface area contributed by atoms with Crippen molar-refractivity contribution in [2.24, 2.45) is 17.1 Å². The molecule has 3 nitrogen and oxygen atoms in total. The molecule has 1 aliphatic heterocycles. The van der Waals surface area contributed by atoms with E-state index in [1.807, 2.05) is 0 Å². The monoisotopic (exact) mass is 214 g/mol. The molecule has 3 heteroatoms. The van der Waals surface area contributed by atoms with E-state index in [1.54, 1.807) is 0 Å². The van der Waals surface area contributed by atoms with Gasteiger partial charge in [0.25, 0.3) is 0 Å². The van der Waals surface area contributed by atoms with E-state index >= 15 is 0 Å². The molecule has 0 bridgehead atoms. The van der Waals surface area contributed by atoms with Gasteiger partial charge in [0.15, 0.2) is 0 Å². The van der Waals surface area contributed by atoms with Crippen LogP contribution in [-0.2, 0) is 0 Å². The zero-order chi connectivity index (χ0) is 11.5. The molecular weight excluding hydrogens is 188 g/mol. The van der Waals surface area contributed by atoms with Gasteiger partial charge in [0, 0.05) is 19.2 Å². The van der Waals surface area contributed by atoms with Crippen LogP contribution in [0.2, 0.25) is 0 Å². The number of hydrogen-bond donors (Lipinski definition) is 2. The second kappa shape index (κ2) is 5.28. The van der Waals surface area contributed by atoms with Crippen molar-refractivity contribution in [1.29, 1.82) is 0 Å². The lowest BCUT2D eigenvalue weighted by Gasteiger charge is -2.43. The van der Waals surface area contributed by atoms with E-state index in [1.165, 1.54) is 0 Å². The van der Waals surface area contributed by atoms with Crippen LogP contribution in [0.25, 0.3) is 0 Å². The van der Waals surface area contributed by atoms with Gasteiger partial charge in [0.2, 0.25) is 0 Å². The molecule has 1 heterocycles. The summed E-state index contributed by atoms with van der Waals surface area (Å²) in [5, 5.41) is 9.09. The van der Waals surface area contributed by atoms with Gasteiger partial charge in [-0.2, -0.15) is 0 Å². The first kappa shape index (κ1) is 12.9. The van der Waals surface area contributed by atoms with Crippen LogP contribution in [0.15, 0.2) is 0 Å². The molecule has 90 valence electrons. The third-order valence-corrected chi connectivity index (χ3v) is 3.57. The highest BCUT2D eigenvalue weighted by Gasteiger charge is 2.31. The van der Waals surface area contributed by atoms with Crippen molar-refractivity contribution < 1.29 is 5.11 Å². The molecule has 0 aliphatic carbocycles. The summed E-state index contributed by atoms with van der Waals surface area (Å²) in [4.78, 5) is 2.49. The predicted molar refractivity (Wildman–Crippen MR) is 63.7 cm³/mol. The largest absolute Gasteiger partial charge is 0.396 e. The van der Waals surface area contributed by atoms with Crippen molar-refractivity contribution in [1.82, 2.24) is 4.90 Å². The van der Waals surface area contributed by atoms with Crippen LogP contribution in [0, 0.1) is 11.3 Å². The minimum absolute atomic E-state index is 0.251. The fourth-order valence-corrected chi connectivity index (χ4v) is 2.50. The molecule has 1 unspecified atom stereocenters. The average molecular weight is 214 g/mol. The summed E-state index contributed by atoms with van der Waals surface area (Å²) in [5.41, 5.74) is 6.12. The molecule has 1 fully saturated rings. The van der Waals surface area contributed by atoms with Crippen molar-refractivity contribution in [3.05, 3.63) is 0 Å². The lowest BCUT2D eigenvalue weighted by Crippen LogP contribution is -2.51. The van der Waals surface area contributed by atoms with E-state index in [0.29, 0.717) is 18.6 Å². The van der Waals surface area contributed by atoms with Crippen LogP contribution in [0.4, 0.5) is 0 Å². The SMILES string of the molecule is CC(C)(C)C(CN)N1CCC(CO)CC1. The first-order valence-corrected chi connectivity index (χ1v) is 6.04. The Labute approximate surface area is 93.6 Å². The molecule has 0 amide bonds. The van der Waals surface area contributed by atoms with Gasteiger partial charge < -0.3 is 10.8 Å². The normalized spacial score (nSPS) is 23.0. The van der Waals surface area contributed by atoms with Crippen molar-refractivity contribution in [2.45, 2.75) is 39.7 Å². The summed E-state index contributed by atoms with van der Waals surface area (Å²) < 4.78 is 0. The molecule has 1 aliphatic rings. The molecule has 1 saturated heterocycles. The molecular formula is C12H26N2O. The molecule has 1 atom stereocenters. The molecule has 0 aromatic carbocycles. The standard InChI is InChI=1S/C12H26N2O/c1-12(2,3)11(8-13)14-6-4-10(9-15)5-7-14/h10-11,15H,4-9,13H2,1-3H3. The Morgan fingerprint density at radius 1 is 1.33 bits per heavy atom. The van der Waals surface area contributed by atoms with E-state index in [9.17, 15) is 0 Å². The highest BCUT2D eigenvalue weighted by molar-refractivity contribution is 4.86. The van der Waals surface area contributed by atoms with Crippen molar-refractivity contribution in [3.63, 3.8) is 0 Å². The second-order valence-electron chi connectivity index (χ2n) is 5.78. The topological polar surface area (TPSA) is 49.5 Å². The molecule has 0 aromatic rings. The molecule has 0 aromatic heterocycles. The molecule has 1 rings (SSSR count). The summed E-state index contributed by atoms with van der Waals surface area (Å²) >= 11 is 0. The Bertz CT molecular complexity index is 181. The summed E-state index contributed by atoms with van der Waals surface area (Å²) in [6.07, 6.45) is 2.23.